The van der Waals surface area contributed by atoms with Crippen molar-refractivity contribution in [1.29, 1.82) is 0 Å². The summed E-state index contributed by atoms with van der Waals surface area (Å²) in [6, 6.07) is 11.3. The predicted octanol–water partition coefficient (Wildman–Crippen LogP) is 2.49. The molecule has 0 aliphatic heterocycles. The number of imidazole rings is 1. The summed E-state index contributed by atoms with van der Waals surface area (Å²) in [6.45, 7) is 0.357. The molecule has 100 valence electrons. The van der Waals surface area contributed by atoms with E-state index in [0.29, 0.717) is 12.3 Å². The van der Waals surface area contributed by atoms with Crippen LogP contribution in [0.2, 0.25) is 0 Å². The lowest BCUT2D eigenvalue weighted by atomic mass is 10.3. The number of amides is 1. The average Bonchev–Trinajstić information content (AvgIpc) is 3.11. The molecule has 0 saturated carbocycles. The van der Waals surface area contributed by atoms with E-state index in [0.717, 1.165) is 16.9 Å². The van der Waals surface area contributed by atoms with E-state index in [1.807, 2.05) is 24.3 Å². The molecule has 0 spiro atoms. The molecular formula is C15H13N3O2. The first-order chi connectivity index (χ1) is 9.81. The molecule has 0 atom stereocenters. The van der Waals surface area contributed by atoms with Gasteiger partial charge in [0, 0.05) is 6.08 Å². The number of fused-ring (bicyclic) bond motifs is 1. The second-order valence-corrected chi connectivity index (χ2v) is 4.27. The second-order valence-electron chi connectivity index (χ2n) is 4.27. The monoisotopic (exact) mass is 267 g/mol. The van der Waals surface area contributed by atoms with Crippen LogP contribution in [0.3, 0.4) is 0 Å². The number of para-hydroxylation sites is 2. The van der Waals surface area contributed by atoms with Gasteiger partial charge < -0.3 is 14.7 Å². The number of carbonyl (C=O) groups is 1. The molecule has 1 amide bonds. The van der Waals surface area contributed by atoms with Gasteiger partial charge in [0.05, 0.1) is 23.8 Å². The second kappa shape index (κ2) is 5.44. The Kier molecular flexibility index (Phi) is 3.33. The molecular weight excluding hydrogens is 254 g/mol. The summed E-state index contributed by atoms with van der Waals surface area (Å²) in [5, 5.41) is 2.76. The Bertz CT molecular complexity index is 708. The molecule has 3 aromatic rings. The fraction of sp³-hybridized carbons (Fsp3) is 0.0667. The lowest BCUT2D eigenvalue weighted by Gasteiger charge is -1.97. The summed E-state index contributed by atoms with van der Waals surface area (Å²) in [5.74, 6) is 1.18. The maximum absolute atomic E-state index is 11.6. The first-order valence-electron chi connectivity index (χ1n) is 6.24. The predicted molar refractivity (Wildman–Crippen MR) is 75.7 cm³/mol. The van der Waals surface area contributed by atoms with Crippen LogP contribution in [-0.4, -0.2) is 15.9 Å². The highest BCUT2D eigenvalue weighted by atomic mass is 16.3. The zero-order valence-electron chi connectivity index (χ0n) is 10.7. The Labute approximate surface area is 115 Å². The van der Waals surface area contributed by atoms with Crippen LogP contribution in [0.5, 0.6) is 0 Å². The van der Waals surface area contributed by atoms with Crippen LogP contribution < -0.4 is 5.32 Å². The number of nitrogens with one attached hydrogen (secondary N) is 2. The van der Waals surface area contributed by atoms with Crippen molar-refractivity contribution in [3.63, 3.8) is 0 Å². The number of aromatic amines is 1. The van der Waals surface area contributed by atoms with E-state index in [4.69, 9.17) is 4.42 Å². The van der Waals surface area contributed by atoms with Crippen LogP contribution in [-0.2, 0) is 11.3 Å². The van der Waals surface area contributed by atoms with E-state index in [-0.39, 0.29) is 5.91 Å². The van der Waals surface area contributed by atoms with E-state index in [9.17, 15) is 4.79 Å². The summed E-state index contributed by atoms with van der Waals surface area (Å²) in [4.78, 5) is 19.2. The van der Waals surface area contributed by atoms with Crippen molar-refractivity contribution in [3.8, 4) is 0 Å². The topological polar surface area (TPSA) is 70.9 Å². The van der Waals surface area contributed by atoms with Crippen molar-refractivity contribution >= 4 is 23.0 Å². The van der Waals surface area contributed by atoms with Gasteiger partial charge in [0.1, 0.15) is 11.6 Å². The molecule has 2 N–H and O–H groups in total. The summed E-state index contributed by atoms with van der Waals surface area (Å²) < 4.78 is 5.10. The quantitative estimate of drug-likeness (QED) is 0.713. The van der Waals surface area contributed by atoms with Crippen LogP contribution in [0.1, 0.15) is 11.6 Å². The van der Waals surface area contributed by atoms with Gasteiger partial charge in [-0.25, -0.2) is 4.98 Å². The normalized spacial score (nSPS) is 11.2. The van der Waals surface area contributed by atoms with Gasteiger partial charge in [-0.3, -0.25) is 4.79 Å². The Morgan fingerprint density at radius 2 is 2.20 bits per heavy atom. The van der Waals surface area contributed by atoms with Gasteiger partial charge in [-0.2, -0.15) is 0 Å². The number of aromatic nitrogens is 2. The molecule has 2 heterocycles. The van der Waals surface area contributed by atoms with Gasteiger partial charge in [-0.1, -0.05) is 12.1 Å². The zero-order chi connectivity index (χ0) is 13.8. The minimum absolute atomic E-state index is 0.193. The van der Waals surface area contributed by atoms with Gasteiger partial charge in [-0.15, -0.1) is 0 Å². The van der Waals surface area contributed by atoms with Crippen LogP contribution in [0.4, 0.5) is 0 Å². The lowest BCUT2D eigenvalue weighted by Crippen LogP contribution is -2.20. The maximum Gasteiger partial charge on any atom is 0.244 e. The Morgan fingerprint density at radius 3 is 3.00 bits per heavy atom. The summed E-state index contributed by atoms with van der Waals surface area (Å²) in [6.07, 6.45) is 4.61. The van der Waals surface area contributed by atoms with E-state index >= 15 is 0 Å². The standard InChI is InChI=1S/C15H13N3O2/c19-15(8-7-11-4-3-9-20-11)16-10-14-17-12-5-1-2-6-13(12)18-14/h1-9H,10H2,(H,16,19)(H,17,18). The molecule has 0 unspecified atom stereocenters. The average molecular weight is 267 g/mol. The minimum Gasteiger partial charge on any atom is -0.465 e. The van der Waals surface area contributed by atoms with Gasteiger partial charge in [0.15, 0.2) is 0 Å². The van der Waals surface area contributed by atoms with Gasteiger partial charge in [0.2, 0.25) is 5.91 Å². The van der Waals surface area contributed by atoms with E-state index in [2.05, 4.69) is 15.3 Å². The number of furan rings is 1. The van der Waals surface area contributed by atoms with Gasteiger partial charge in [0.25, 0.3) is 0 Å². The highest BCUT2D eigenvalue weighted by molar-refractivity contribution is 5.91. The van der Waals surface area contributed by atoms with Crippen molar-refractivity contribution in [1.82, 2.24) is 15.3 Å². The highest BCUT2D eigenvalue weighted by Crippen LogP contribution is 2.09. The molecule has 5 nitrogen and oxygen atoms in total. The lowest BCUT2D eigenvalue weighted by molar-refractivity contribution is -0.116. The molecule has 0 aliphatic rings. The molecule has 1 aromatic carbocycles. The minimum atomic E-state index is -0.193. The third-order valence-electron chi connectivity index (χ3n) is 2.81. The fourth-order valence-corrected chi connectivity index (χ4v) is 1.86. The Hall–Kier alpha value is -2.82. The van der Waals surface area contributed by atoms with Crippen molar-refractivity contribution in [2.24, 2.45) is 0 Å². The SMILES string of the molecule is O=C(C=Cc1ccco1)NCc1nc2ccccc2[nH]1. The third kappa shape index (κ3) is 2.77. The number of hydrogen-bond acceptors (Lipinski definition) is 3. The number of carbonyl (C=O) groups excluding carboxylic acids is 1. The van der Waals surface area contributed by atoms with Crippen molar-refractivity contribution in [2.75, 3.05) is 0 Å². The van der Waals surface area contributed by atoms with E-state index in [1.165, 1.54) is 6.08 Å². The van der Waals surface area contributed by atoms with Gasteiger partial charge >= 0.3 is 0 Å². The van der Waals surface area contributed by atoms with Crippen molar-refractivity contribution in [3.05, 3.63) is 60.3 Å². The molecule has 0 saturated heterocycles. The van der Waals surface area contributed by atoms with Crippen LogP contribution >= 0.6 is 0 Å². The molecule has 0 fully saturated rings. The first-order valence-corrected chi connectivity index (χ1v) is 6.24. The smallest absolute Gasteiger partial charge is 0.244 e. The first kappa shape index (κ1) is 12.2. The van der Waals surface area contributed by atoms with Crippen LogP contribution in [0.15, 0.2) is 53.2 Å². The molecule has 0 bridgehead atoms. The van der Waals surface area contributed by atoms with Crippen LogP contribution in [0.25, 0.3) is 17.1 Å². The van der Waals surface area contributed by atoms with E-state index < -0.39 is 0 Å². The number of H-pyrrole nitrogens is 1. The van der Waals surface area contributed by atoms with E-state index in [1.54, 1.807) is 24.5 Å². The molecule has 2 aromatic heterocycles. The molecule has 5 heteroatoms. The molecule has 3 rings (SSSR count). The summed E-state index contributed by atoms with van der Waals surface area (Å²) in [7, 11) is 0. The van der Waals surface area contributed by atoms with Crippen molar-refractivity contribution in [2.45, 2.75) is 6.54 Å². The summed E-state index contributed by atoms with van der Waals surface area (Å²) in [5.41, 5.74) is 1.85. The Morgan fingerprint density at radius 1 is 1.30 bits per heavy atom. The number of nitrogens with zero attached hydrogens (tertiary/aromatic N) is 1. The van der Waals surface area contributed by atoms with Crippen molar-refractivity contribution < 1.29 is 9.21 Å². The van der Waals surface area contributed by atoms with Gasteiger partial charge in [-0.05, 0) is 30.3 Å². The molecule has 20 heavy (non-hydrogen) atoms. The zero-order valence-corrected chi connectivity index (χ0v) is 10.7. The third-order valence-corrected chi connectivity index (χ3v) is 2.81. The number of hydrogen-bond donors (Lipinski definition) is 2. The molecule has 0 radical (unpaired) electrons. The largest absolute Gasteiger partial charge is 0.465 e. The Balaban J connectivity index is 1.60. The fourth-order valence-electron chi connectivity index (χ4n) is 1.86. The van der Waals surface area contributed by atoms with Crippen LogP contribution in [0, 0.1) is 0 Å². The highest BCUT2D eigenvalue weighted by Gasteiger charge is 2.03. The maximum atomic E-state index is 11.6. The number of benzene rings is 1. The molecule has 0 aliphatic carbocycles. The number of rotatable bonds is 4. The summed E-state index contributed by atoms with van der Waals surface area (Å²) >= 11 is 0.